The highest BCUT2D eigenvalue weighted by Crippen LogP contribution is 2.48. The molecule has 24 heavy (non-hydrogen) atoms. The number of hydrogen-bond donors (Lipinski definition) is 1. The highest BCUT2D eigenvalue weighted by atomic mass is 16.5. The second-order valence-corrected chi connectivity index (χ2v) is 7.63. The van der Waals surface area contributed by atoms with Crippen molar-refractivity contribution in [1.29, 1.82) is 0 Å². The third-order valence-corrected chi connectivity index (χ3v) is 5.82. The number of carboxylic acid groups (broad SMARTS) is 1. The summed E-state index contributed by atoms with van der Waals surface area (Å²) in [5.74, 6) is 0.135. The van der Waals surface area contributed by atoms with Gasteiger partial charge in [-0.05, 0) is 66.7 Å². The van der Waals surface area contributed by atoms with Gasteiger partial charge in [0.2, 0.25) is 0 Å². The molecule has 130 valence electrons. The SMILES string of the molecule is C[C@@H](CC(=O)O)c1ccc(OCC2=CCC3(CCCC3)CC2)cc1. The smallest absolute Gasteiger partial charge is 0.303 e. The molecule has 1 saturated carbocycles. The number of carboxylic acids is 1. The van der Waals surface area contributed by atoms with Crippen LogP contribution in [0.4, 0.5) is 0 Å². The lowest BCUT2D eigenvalue weighted by molar-refractivity contribution is -0.137. The number of carbonyl (C=O) groups is 1. The standard InChI is InChI=1S/C21H28O3/c1-16(14-20(22)23)18-4-6-19(7-5-18)24-15-17-8-12-21(13-9-17)10-2-3-11-21/h4-8,16H,2-3,9-15H2,1H3,(H,22,23)/t16-/m0/s1. The molecule has 1 spiro atoms. The van der Waals surface area contributed by atoms with E-state index >= 15 is 0 Å². The van der Waals surface area contributed by atoms with Gasteiger partial charge in [0.05, 0.1) is 6.42 Å². The van der Waals surface area contributed by atoms with E-state index in [1.165, 1.54) is 50.5 Å². The third-order valence-electron chi connectivity index (χ3n) is 5.82. The van der Waals surface area contributed by atoms with Gasteiger partial charge < -0.3 is 9.84 Å². The Bertz CT molecular complexity index is 594. The van der Waals surface area contributed by atoms with E-state index in [0.29, 0.717) is 12.0 Å². The highest BCUT2D eigenvalue weighted by Gasteiger charge is 2.34. The summed E-state index contributed by atoms with van der Waals surface area (Å²) in [4.78, 5) is 10.8. The zero-order valence-electron chi connectivity index (χ0n) is 14.6. The Hall–Kier alpha value is -1.77. The Morgan fingerprint density at radius 3 is 2.50 bits per heavy atom. The molecule has 0 aliphatic heterocycles. The quantitative estimate of drug-likeness (QED) is 0.719. The van der Waals surface area contributed by atoms with E-state index in [9.17, 15) is 4.79 Å². The predicted octanol–water partition coefficient (Wildman–Crippen LogP) is 5.31. The summed E-state index contributed by atoms with van der Waals surface area (Å²) in [5.41, 5.74) is 3.09. The van der Waals surface area contributed by atoms with E-state index in [4.69, 9.17) is 9.84 Å². The molecule has 2 aliphatic carbocycles. The van der Waals surface area contributed by atoms with Crippen LogP contribution >= 0.6 is 0 Å². The Kier molecular flexibility index (Phi) is 5.27. The second-order valence-electron chi connectivity index (χ2n) is 7.63. The lowest BCUT2D eigenvalue weighted by Gasteiger charge is -2.32. The number of rotatable bonds is 6. The Labute approximate surface area is 144 Å². The zero-order chi connectivity index (χ0) is 17.0. The van der Waals surface area contributed by atoms with Gasteiger partial charge in [-0.3, -0.25) is 4.79 Å². The van der Waals surface area contributed by atoms with E-state index in [1.807, 2.05) is 31.2 Å². The van der Waals surface area contributed by atoms with Crippen LogP contribution in [0.2, 0.25) is 0 Å². The van der Waals surface area contributed by atoms with Crippen molar-refractivity contribution < 1.29 is 14.6 Å². The first kappa shape index (κ1) is 17.1. The van der Waals surface area contributed by atoms with Crippen LogP contribution < -0.4 is 4.74 Å². The number of benzene rings is 1. The van der Waals surface area contributed by atoms with Gasteiger partial charge in [0.15, 0.2) is 0 Å². The molecule has 1 N–H and O–H groups in total. The number of allylic oxidation sites excluding steroid dienone is 1. The maximum absolute atomic E-state index is 10.8. The van der Waals surface area contributed by atoms with Crippen LogP contribution in [0.25, 0.3) is 0 Å². The molecule has 0 saturated heterocycles. The Morgan fingerprint density at radius 2 is 1.92 bits per heavy atom. The lowest BCUT2D eigenvalue weighted by Crippen LogP contribution is -2.20. The summed E-state index contributed by atoms with van der Waals surface area (Å²) < 4.78 is 5.93. The molecule has 0 aromatic heterocycles. The monoisotopic (exact) mass is 328 g/mol. The molecular formula is C21H28O3. The highest BCUT2D eigenvalue weighted by molar-refractivity contribution is 5.67. The average molecular weight is 328 g/mol. The molecule has 0 heterocycles. The second kappa shape index (κ2) is 7.42. The largest absolute Gasteiger partial charge is 0.489 e. The van der Waals surface area contributed by atoms with Crippen LogP contribution in [0.15, 0.2) is 35.9 Å². The first-order valence-electron chi connectivity index (χ1n) is 9.19. The molecule has 1 aromatic carbocycles. The van der Waals surface area contributed by atoms with Gasteiger partial charge in [-0.25, -0.2) is 0 Å². The van der Waals surface area contributed by atoms with E-state index < -0.39 is 5.97 Å². The lowest BCUT2D eigenvalue weighted by atomic mass is 9.74. The molecule has 0 unspecified atom stereocenters. The van der Waals surface area contributed by atoms with Crippen LogP contribution in [-0.4, -0.2) is 17.7 Å². The summed E-state index contributed by atoms with van der Waals surface area (Å²) >= 11 is 0. The van der Waals surface area contributed by atoms with Crippen molar-refractivity contribution in [2.45, 2.75) is 64.2 Å². The fourth-order valence-corrected chi connectivity index (χ4v) is 4.15. The summed E-state index contributed by atoms with van der Waals surface area (Å²) in [6.07, 6.45) is 12.0. The summed E-state index contributed by atoms with van der Waals surface area (Å²) in [7, 11) is 0. The van der Waals surface area contributed by atoms with Gasteiger partial charge in [0.25, 0.3) is 0 Å². The van der Waals surface area contributed by atoms with E-state index in [0.717, 1.165) is 11.3 Å². The minimum atomic E-state index is -0.757. The van der Waals surface area contributed by atoms with Crippen molar-refractivity contribution in [3.05, 3.63) is 41.5 Å². The van der Waals surface area contributed by atoms with Crippen molar-refractivity contribution >= 4 is 5.97 Å². The Morgan fingerprint density at radius 1 is 1.21 bits per heavy atom. The topological polar surface area (TPSA) is 46.5 Å². The minimum absolute atomic E-state index is 0.0280. The van der Waals surface area contributed by atoms with Crippen LogP contribution in [0.3, 0.4) is 0 Å². The van der Waals surface area contributed by atoms with Gasteiger partial charge in [-0.2, -0.15) is 0 Å². The number of aliphatic carboxylic acids is 1. The van der Waals surface area contributed by atoms with E-state index in [2.05, 4.69) is 6.08 Å². The third kappa shape index (κ3) is 4.19. The molecule has 3 heteroatoms. The van der Waals surface area contributed by atoms with Crippen LogP contribution in [-0.2, 0) is 4.79 Å². The van der Waals surface area contributed by atoms with E-state index in [1.54, 1.807) is 0 Å². The zero-order valence-corrected chi connectivity index (χ0v) is 14.6. The molecule has 0 amide bonds. The maximum atomic E-state index is 10.8. The fraction of sp³-hybridized carbons (Fsp3) is 0.571. The number of hydrogen-bond acceptors (Lipinski definition) is 2. The van der Waals surface area contributed by atoms with Gasteiger partial charge >= 0.3 is 5.97 Å². The Balaban J connectivity index is 1.50. The molecule has 1 aromatic rings. The van der Waals surface area contributed by atoms with E-state index in [-0.39, 0.29) is 12.3 Å². The van der Waals surface area contributed by atoms with Gasteiger partial charge in [-0.15, -0.1) is 0 Å². The molecule has 2 aliphatic rings. The normalized spacial score (nSPS) is 20.6. The first-order valence-corrected chi connectivity index (χ1v) is 9.19. The predicted molar refractivity (Wildman–Crippen MR) is 95.4 cm³/mol. The molecule has 3 nitrogen and oxygen atoms in total. The molecular weight excluding hydrogens is 300 g/mol. The van der Waals surface area contributed by atoms with Crippen LogP contribution in [0, 0.1) is 5.41 Å². The van der Waals surface area contributed by atoms with Crippen molar-refractivity contribution in [3.63, 3.8) is 0 Å². The van der Waals surface area contributed by atoms with Crippen molar-refractivity contribution in [2.24, 2.45) is 5.41 Å². The van der Waals surface area contributed by atoms with Crippen molar-refractivity contribution in [2.75, 3.05) is 6.61 Å². The summed E-state index contributed by atoms with van der Waals surface area (Å²) in [6, 6.07) is 7.86. The fourth-order valence-electron chi connectivity index (χ4n) is 4.15. The summed E-state index contributed by atoms with van der Waals surface area (Å²) in [6.45, 7) is 2.62. The van der Waals surface area contributed by atoms with Gasteiger partial charge in [0, 0.05) is 0 Å². The minimum Gasteiger partial charge on any atom is -0.489 e. The van der Waals surface area contributed by atoms with Crippen molar-refractivity contribution in [1.82, 2.24) is 0 Å². The molecule has 1 fully saturated rings. The summed E-state index contributed by atoms with van der Waals surface area (Å²) in [5, 5.41) is 8.87. The maximum Gasteiger partial charge on any atom is 0.303 e. The molecule has 1 atom stereocenters. The molecule has 0 bridgehead atoms. The van der Waals surface area contributed by atoms with Gasteiger partial charge in [0.1, 0.15) is 12.4 Å². The average Bonchev–Trinajstić information content (AvgIpc) is 3.02. The molecule has 3 rings (SSSR count). The molecule has 0 radical (unpaired) electrons. The van der Waals surface area contributed by atoms with Crippen LogP contribution in [0.5, 0.6) is 5.75 Å². The van der Waals surface area contributed by atoms with Crippen molar-refractivity contribution in [3.8, 4) is 5.75 Å². The van der Waals surface area contributed by atoms with Crippen LogP contribution in [0.1, 0.15) is 69.8 Å². The van der Waals surface area contributed by atoms with Gasteiger partial charge in [-0.1, -0.05) is 38.0 Å². The first-order chi connectivity index (χ1) is 11.6. The number of ether oxygens (including phenoxy) is 1.